The van der Waals surface area contributed by atoms with E-state index in [1.165, 1.54) is 11.3 Å². The highest BCUT2D eigenvalue weighted by Gasteiger charge is 2.06. The van der Waals surface area contributed by atoms with Crippen molar-refractivity contribution in [3.05, 3.63) is 17.0 Å². The summed E-state index contributed by atoms with van der Waals surface area (Å²) in [6.45, 7) is 0.503. The number of amides is 1. The van der Waals surface area contributed by atoms with Gasteiger partial charge in [-0.1, -0.05) is 0 Å². The number of hydrogen-bond acceptors (Lipinski definition) is 4. The van der Waals surface area contributed by atoms with Crippen LogP contribution < -0.4 is 11.1 Å². The molecule has 0 spiro atoms. The first kappa shape index (κ1) is 10.7. The number of nitriles is 1. The molecule has 1 rings (SSSR count). The van der Waals surface area contributed by atoms with Crippen LogP contribution in [0.2, 0.25) is 0 Å². The number of carbonyl (C=O) groups excluding carboxylic acids is 1. The van der Waals surface area contributed by atoms with Gasteiger partial charge in [0.05, 0.1) is 5.56 Å². The standard InChI is InChI=1S/C9H11N3OS/c10-4-1-2-8(13)12-9-7(6-11)3-5-14-9/h3,5H,1-2,4,10H2,(H,12,13). The van der Waals surface area contributed by atoms with Crippen molar-refractivity contribution in [3.63, 3.8) is 0 Å². The van der Waals surface area contributed by atoms with Crippen LogP contribution >= 0.6 is 11.3 Å². The summed E-state index contributed by atoms with van der Waals surface area (Å²) in [6, 6.07) is 3.69. The van der Waals surface area contributed by atoms with E-state index in [4.69, 9.17) is 11.0 Å². The first-order valence-corrected chi connectivity index (χ1v) is 5.13. The van der Waals surface area contributed by atoms with E-state index in [0.717, 1.165) is 0 Å². The molecule has 5 heteroatoms. The average molecular weight is 209 g/mol. The highest BCUT2D eigenvalue weighted by molar-refractivity contribution is 7.14. The second-order valence-corrected chi connectivity index (χ2v) is 3.63. The summed E-state index contributed by atoms with van der Waals surface area (Å²) in [6.07, 6.45) is 1.07. The first-order valence-electron chi connectivity index (χ1n) is 4.25. The van der Waals surface area contributed by atoms with E-state index in [1.807, 2.05) is 6.07 Å². The molecular formula is C9H11N3OS. The molecule has 1 aromatic rings. The van der Waals surface area contributed by atoms with Crippen LogP contribution in [0.1, 0.15) is 18.4 Å². The van der Waals surface area contributed by atoms with Crippen molar-refractivity contribution in [2.24, 2.45) is 5.73 Å². The minimum Gasteiger partial charge on any atom is -0.330 e. The number of carbonyl (C=O) groups is 1. The van der Waals surface area contributed by atoms with Crippen LogP contribution in [0.25, 0.3) is 0 Å². The molecule has 0 radical (unpaired) electrons. The Morgan fingerprint density at radius 1 is 1.71 bits per heavy atom. The lowest BCUT2D eigenvalue weighted by Gasteiger charge is -2.01. The third kappa shape index (κ3) is 2.83. The zero-order chi connectivity index (χ0) is 10.4. The summed E-state index contributed by atoms with van der Waals surface area (Å²) < 4.78 is 0. The highest BCUT2D eigenvalue weighted by Crippen LogP contribution is 2.22. The second kappa shape index (κ2) is 5.37. The normalized spacial score (nSPS) is 9.43. The fourth-order valence-electron chi connectivity index (χ4n) is 0.946. The molecule has 0 aliphatic carbocycles. The second-order valence-electron chi connectivity index (χ2n) is 2.72. The number of nitrogens with zero attached hydrogens (tertiary/aromatic N) is 1. The quantitative estimate of drug-likeness (QED) is 0.784. The van der Waals surface area contributed by atoms with Gasteiger partial charge in [0.1, 0.15) is 11.1 Å². The summed E-state index contributed by atoms with van der Waals surface area (Å²) in [5.74, 6) is -0.0885. The molecule has 74 valence electrons. The molecule has 0 saturated heterocycles. The molecule has 0 aliphatic heterocycles. The van der Waals surface area contributed by atoms with E-state index < -0.39 is 0 Å². The Hall–Kier alpha value is -1.38. The number of nitrogens with one attached hydrogen (secondary N) is 1. The smallest absolute Gasteiger partial charge is 0.225 e. The van der Waals surface area contributed by atoms with Crippen LogP contribution in [0.3, 0.4) is 0 Å². The van der Waals surface area contributed by atoms with Crippen molar-refractivity contribution < 1.29 is 4.79 Å². The van der Waals surface area contributed by atoms with Gasteiger partial charge in [-0.2, -0.15) is 5.26 Å². The number of rotatable bonds is 4. The maximum absolute atomic E-state index is 11.3. The molecule has 1 heterocycles. The molecule has 0 fully saturated rings. The molecule has 1 amide bonds. The highest BCUT2D eigenvalue weighted by atomic mass is 32.1. The van der Waals surface area contributed by atoms with E-state index >= 15 is 0 Å². The van der Waals surface area contributed by atoms with Crippen molar-refractivity contribution in [1.82, 2.24) is 0 Å². The maximum Gasteiger partial charge on any atom is 0.225 e. The molecule has 0 bridgehead atoms. The fourth-order valence-corrected chi connectivity index (χ4v) is 1.70. The monoisotopic (exact) mass is 209 g/mol. The Bertz CT molecular complexity index is 353. The Morgan fingerprint density at radius 3 is 3.14 bits per heavy atom. The van der Waals surface area contributed by atoms with Crippen molar-refractivity contribution in [1.29, 1.82) is 5.26 Å². The number of anilines is 1. The summed E-state index contributed by atoms with van der Waals surface area (Å²) in [5, 5.41) is 13.8. The summed E-state index contributed by atoms with van der Waals surface area (Å²) >= 11 is 1.35. The van der Waals surface area contributed by atoms with Gasteiger partial charge in [0.2, 0.25) is 5.91 Å². The van der Waals surface area contributed by atoms with Crippen LogP contribution in [-0.4, -0.2) is 12.5 Å². The van der Waals surface area contributed by atoms with Crippen LogP contribution in [-0.2, 0) is 4.79 Å². The molecule has 0 saturated carbocycles. The maximum atomic E-state index is 11.3. The van der Waals surface area contributed by atoms with Gasteiger partial charge in [0.15, 0.2) is 0 Å². The third-order valence-corrected chi connectivity index (χ3v) is 2.48. The van der Waals surface area contributed by atoms with Gasteiger partial charge >= 0.3 is 0 Å². The van der Waals surface area contributed by atoms with Crippen molar-refractivity contribution >= 4 is 22.2 Å². The molecule has 3 N–H and O–H groups in total. The molecule has 0 unspecified atom stereocenters. The van der Waals surface area contributed by atoms with E-state index in [9.17, 15) is 4.79 Å². The lowest BCUT2D eigenvalue weighted by Crippen LogP contribution is -2.13. The van der Waals surface area contributed by atoms with Crippen molar-refractivity contribution in [2.75, 3.05) is 11.9 Å². The lowest BCUT2D eigenvalue weighted by atomic mass is 10.3. The Labute approximate surface area is 86.3 Å². The number of nitrogens with two attached hydrogens (primary N) is 1. The molecule has 0 aromatic carbocycles. The predicted molar refractivity (Wildman–Crippen MR) is 56.0 cm³/mol. The van der Waals surface area contributed by atoms with Crippen molar-refractivity contribution in [3.8, 4) is 6.07 Å². The van der Waals surface area contributed by atoms with Gasteiger partial charge in [-0.15, -0.1) is 11.3 Å². The lowest BCUT2D eigenvalue weighted by molar-refractivity contribution is -0.116. The molecule has 1 aromatic heterocycles. The van der Waals surface area contributed by atoms with E-state index in [2.05, 4.69) is 5.32 Å². The van der Waals surface area contributed by atoms with Crippen LogP contribution in [0.15, 0.2) is 11.4 Å². The minimum atomic E-state index is -0.0885. The fraction of sp³-hybridized carbons (Fsp3) is 0.333. The van der Waals surface area contributed by atoms with Crippen LogP contribution in [0.5, 0.6) is 0 Å². The van der Waals surface area contributed by atoms with Gasteiger partial charge in [0, 0.05) is 6.42 Å². The molecule has 4 nitrogen and oxygen atoms in total. The SMILES string of the molecule is N#Cc1ccsc1NC(=O)CCCN. The molecule has 0 aliphatic rings. The Balaban J connectivity index is 2.52. The third-order valence-electron chi connectivity index (χ3n) is 1.65. The zero-order valence-corrected chi connectivity index (χ0v) is 8.43. The molecule has 14 heavy (non-hydrogen) atoms. The van der Waals surface area contributed by atoms with Gasteiger partial charge < -0.3 is 11.1 Å². The van der Waals surface area contributed by atoms with E-state index in [1.54, 1.807) is 11.4 Å². The molecular weight excluding hydrogens is 198 g/mol. The summed E-state index contributed by atoms with van der Waals surface area (Å²) in [4.78, 5) is 11.3. The Morgan fingerprint density at radius 2 is 2.50 bits per heavy atom. The zero-order valence-electron chi connectivity index (χ0n) is 7.62. The Kier molecular flexibility index (Phi) is 4.11. The molecule has 0 atom stereocenters. The van der Waals surface area contributed by atoms with Gasteiger partial charge in [0.25, 0.3) is 0 Å². The summed E-state index contributed by atoms with van der Waals surface area (Å²) in [7, 11) is 0. The number of thiophene rings is 1. The minimum absolute atomic E-state index is 0.0885. The van der Waals surface area contributed by atoms with E-state index in [-0.39, 0.29) is 5.91 Å². The largest absolute Gasteiger partial charge is 0.330 e. The van der Waals surface area contributed by atoms with Crippen LogP contribution in [0, 0.1) is 11.3 Å². The average Bonchev–Trinajstić information content (AvgIpc) is 2.62. The first-order chi connectivity index (χ1) is 6.77. The van der Waals surface area contributed by atoms with E-state index in [0.29, 0.717) is 30.0 Å². The van der Waals surface area contributed by atoms with Gasteiger partial charge in [-0.05, 0) is 24.4 Å². The van der Waals surface area contributed by atoms with Crippen molar-refractivity contribution in [2.45, 2.75) is 12.8 Å². The predicted octanol–water partition coefficient (Wildman–Crippen LogP) is 1.30. The summed E-state index contributed by atoms with van der Waals surface area (Å²) in [5.41, 5.74) is 5.79. The van der Waals surface area contributed by atoms with Gasteiger partial charge in [-0.25, -0.2) is 0 Å². The topological polar surface area (TPSA) is 78.9 Å². The van der Waals surface area contributed by atoms with Crippen LogP contribution in [0.4, 0.5) is 5.00 Å². The number of hydrogen-bond donors (Lipinski definition) is 2. The van der Waals surface area contributed by atoms with Gasteiger partial charge in [-0.3, -0.25) is 4.79 Å².